The maximum absolute atomic E-state index is 15.6. The van der Waals surface area contributed by atoms with Crippen LogP contribution in [-0.4, -0.2) is 86.9 Å². The minimum atomic E-state index is -5.22. The molecule has 0 bridgehead atoms. The molecule has 2 aromatic heterocycles. The molecule has 4 heterocycles. The van der Waals surface area contributed by atoms with Gasteiger partial charge in [-0.15, -0.1) is 11.3 Å². The molecular formula is C59H59F4N9O6S2. The molecule has 1 unspecified atom stereocenters. The second-order valence-electron chi connectivity index (χ2n) is 21.1. The number of amides is 5. The molecule has 416 valence electrons. The zero-order chi connectivity index (χ0) is 57.7. The zero-order valence-corrected chi connectivity index (χ0v) is 46.5. The minimum Gasteiger partial charge on any atom is -0.372 e. The molecule has 0 radical (unpaired) electrons. The smallest absolute Gasteiger partial charge is 0.372 e. The van der Waals surface area contributed by atoms with Crippen molar-refractivity contribution in [3.8, 4) is 27.8 Å². The number of carbonyl (C=O) groups excluding carboxylic acids is 5. The molecule has 21 heteroatoms. The maximum atomic E-state index is 15.6. The number of nitrogens with one attached hydrogen (secondary N) is 2. The van der Waals surface area contributed by atoms with Gasteiger partial charge in [0.1, 0.15) is 29.8 Å². The van der Waals surface area contributed by atoms with E-state index in [1.807, 2.05) is 87.8 Å². The Labute approximate surface area is 470 Å². The minimum absolute atomic E-state index is 0.0753. The Morgan fingerprint density at radius 3 is 2.26 bits per heavy atom. The third kappa shape index (κ3) is 12.7. The van der Waals surface area contributed by atoms with Crippen LogP contribution in [0.5, 0.6) is 0 Å². The van der Waals surface area contributed by atoms with Crippen LogP contribution in [0.4, 0.5) is 34.6 Å². The van der Waals surface area contributed by atoms with Crippen LogP contribution in [0.3, 0.4) is 0 Å². The maximum Gasteiger partial charge on any atom is 0.420 e. The summed E-state index contributed by atoms with van der Waals surface area (Å²) in [5, 5.41) is 14.8. The van der Waals surface area contributed by atoms with E-state index in [1.165, 1.54) is 31.0 Å². The van der Waals surface area contributed by atoms with E-state index in [-0.39, 0.29) is 55.4 Å². The molecule has 2 saturated heterocycles. The van der Waals surface area contributed by atoms with Gasteiger partial charge in [0.05, 0.1) is 57.5 Å². The van der Waals surface area contributed by atoms with Gasteiger partial charge in [0.25, 0.3) is 5.91 Å². The predicted octanol–water partition coefficient (Wildman–Crippen LogP) is 10.3. The van der Waals surface area contributed by atoms with Gasteiger partial charge in [-0.05, 0) is 111 Å². The number of alkyl halides is 3. The Morgan fingerprint density at radius 1 is 0.938 bits per heavy atom. The molecule has 2 atom stereocenters. The Balaban J connectivity index is 0.855. The summed E-state index contributed by atoms with van der Waals surface area (Å²) in [5.74, 6) is -3.92. The second kappa shape index (κ2) is 24.2. The standard InChI is InChI=1S/C59H59F4N9O6S2/c1-36-51(80-35-67-36)40-18-16-37(17-19-40)31-66-53(75)46-14-10-28-69(46)54(76)52(57(2,3)4)68-47(73)34-78-29-11-15-48(74)70(33-38-12-8-7-9-13-38)42-23-20-39(21-24-42)44-26-25-43(32-65-44)72-56(79)71(55(77)58(72,5)6)45-27-22-41(30-64)49(50(45)60)59(61,62)63/h7-9,12-13,16-27,32,35,46,52H,10-11,14-15,28-29,31,33-34H2,1-6H3,(H,66,75)(H,68,73)/t46-,52?/m0/s1. The molecule has 0 spiro atoms. The number of carbonyl (C=O) groups is 5. The van der Waals surface area contributed by atoms with Crippen LogP contribution < -0.4 is 25.3 Å². The predicted molar refractivity (Wildman–Crippen MR) is 300 cm³/mol. The molecule has 5 amide bonds. The van der Waals surface area contributed by atoms with Crippen molar-refractivity contribution in [2.75, 3.05) is 34.5 Å². The lowest BCUT2D eigenvalue weighted by atomic mass is 9.85. The number of nitriles is 1. The molecule has 15 nitrogen and oxygen atoms in total. The number of nitrogens with zero attached hydrogens (tertiary/aromatic N) is 7. The van der Waals surface area contributed by atoms with Crippen molar-refractivity contribution < 1.29 is 46.3 Å². The first-order valence-electron chi connectivity index (χ1n) is 25.8. The number of benzene rings is 4. The summed E-state index contributed by atoms with van der Waals surface area (Å²) in [7, 11) is 0. The van der Waals surface area contributed by atoms with E-state index in [1.54, 1.807) is 57.5 Å². The average molecular weight is 1130 g/mol. The number of rotatable bonds is 18. The van der Waals surface area contributed by atoms with Crippen LogP contribution in [0.2, 0.25) is 0 Å². The largest absolute Gasteiger partial charge is 0.420 e. The van der Waals surface area contributed by atoms with E-state index in [4.69, 9.17) is 17.0 Å². The van der Waals surface area contributed by atoms with Gasteiger partial charge in [0.2, 0.25) is 23.6 Å². The Hall–Kier alpha value is -7.93. The van der Waals surface area contributed by atoms with Crippen molar-refractivity contribution in [3.05, 3.63) is 149 Å². The van der Waals surface area contributed by atoms with E-state index >= 15 is 4.39 Å². The molecular weight excluding hydrogens is 1070 g/mol. The molecule has 6 aromatic rings. The summed E-state index contributed by atoms with van der Waals surface area (Å²) in [5.41, 5.74) is 2.02. The fourth-order valence-electron chi connectivity index (χ4n) is 9.75. The number of aryl methyl sites for hydroxylation is 1. The van der Waals surface area contributed by atoms with Gasteiger partial charge < -0.3 is 30.1 Å². The number of aromatic nitrogens is 2. The Kier molecular flexibility index (Phi) is 17.6. The van der Waals surface area contributed by atoms with Crippen LogP contribution >= 0.6 is 23.6 Å². The molecule has 2 fully saturated rings. The lowest BCUT2D eigenvalue weighted by molar-refractivity contribution is -0.144. The lowest BCUT2D eigenvalue weighted by Crippen LogP contribution is -2.58. The second-order valence-corrected chi connectivity index (χ2v) is 22.3. The third-order valence-corrected chi connectivity index (χ3v) is 15.3. The topological polar surface area (TPSA) is 181 Å². The van der Waals surface area contributed by atoms with E-state index in [2.05, 4.69) is 20.6 Å². The highest BCUT2D eigenvalue weighted by atomic mass is 32.1. The van der Waals surface area contributed by atoms with Gasteiger partial charge in [-0.3, -0.25) is 33.9 Å². The highest BCUT2D eigenvalue weighted by Crippen LogP contribution is 2.42. The zero-order valence-electron chi connectivity index (χ0n) is 44.9. The molecule has 0 saturated carbocycles. The SMILES string of the molecule is Cc1ncsc1-c1ccc(CNC(=O)[C@@H]2CCCN2C(=O)C(NC(=O)COCCCC(=O)N(Cc2ccccc2)c2ccc(-c3ccc(N4C(=S)N(c5ccc(C#N)c(C(F)(F)F)c5F)C(=O)C4(C)C)cn3)cc2)C(C)(C)C)cc1. The summed E-state index contributed by atoms with van der Waals surface area (Å²) in [6.45, 7) is 11.1. The van der Waals surface area contributed by atoms with Gasteiger partial charge in [-0.25, -0.2) is 9.37 Å². The normalized spacial score (nSPS) is 15.7. The van der Waals surface area contributed by atoms with Crippen LogP contribution in [0.1, 0.15) is 88.2 Å². The highest BCUT2D eigenvalue weighted by molar-refractivity contribution is 7.81. The van der Waals surface area contributed by atoms with E-state index in [0.29, 0.717) is 53.5 Å². The number of pyridine rings is 1. The number of thiocarbonyl (C=S) groups is 1. The fourth-order valence-corrected chi connectivity index (χ4v) is 11.1. The Morgan fingerprint density at radius 2 is 1.64 bits per heavy atom. The van der Waals surface area contributed by atoms with Gasteiger partial charge in [-0.2, -0.15) is 18.4 Å². The van der Waals surface area contributed by atoms with Gasteiger partial charge in [-0.1, -0.05) is 87.5 Å². The first-order chi connectivity index (χ1) is 38.0. The van der Waals surface area contributed by atoms with Crippen LogP contribution in [0.25, 0.3) is 21.7 Å². The lowest BCUT2D eigenvalue weighted by Gasteiger charge is -2.35. The number of anilines is 3. The quantitative estimate of drug-likeness (QED) is 0.0475. The highest BCUT2D eigenvalue weighted by Gasteiger charge is 2.52. The molecule has 80 heavy (non-hydrogen) atoms. The van der Waals surface area contributed by atoms with Crippen molar-refractivity contribution in [2.45, 2.75) is 104 Å². The number of hydrogen-bond acceptors (Lipinski definition) is 11. The summed E-state index contributed by atoms with van der Waals surface area (Å²) >= 11 is 7.16. The van der Waals surface area contributed by atoms with Crippen molar-refractivity contribution in [3.63, 3.8) is 0 Å². The molecule has 2 aliphatic heterocycles. The molecule has 2 aliphatic rings. The van der Waals surface area contributed by atoms with Crippen molar-refractivity contribution in [1.29, 1.82) is 5.26 Å². The van der Waals surface area contributed by atoms with Crippen LogP contribution in [0, 0.1) is 29.5 Å². The molecule has 2 N–H and O–H groups in total. The first kappa shape index (κ1) is 58.2. The van der Waals surface area contributed by atoms with Gasteiger partial charge in [0.15, 0.2) is 10.9 Å². The summed E-state index contributed by atoms with van der Waals surface area (Å²) < 4.78 is 63.0. The van der Waals surface area contributed by atoms with E-state index in [9.17, 15) is 42.4 Å². The molecule has 0 aliphatic carbocycles. The third-order valence-electron chi connectivity index (χ3n) is 14.0. The number of likely N-dealkylation sites (tertiary alicyclic amines) is 1. The molecule has 4 aromatic carbocycles. The Bertz CT molecular complexity index is 3330. The summed E-state index contributed by atoms with van der Waals surface area (Å²) in [4.78, 5) is 84.0. The molecule has 8 rings (SSSR count). The number of thiazole rings is 1. The summed E-state index contributed by atoms with van der Waals surface area (Å²) in [6.07, 6.45) is -2.29. The van der Waals surface area contributed by atoms with Gasteiger partial charge in [0, 0.05) is 37.4 Å². The van der Waals surface area contributed by atoms with Crippen molar-refractivity contribution in [1.82, 2.24) is 25.5 Å². The average Bonchev–Trinajstić information content (AvgIpc) is 4.27. The van der Waals surface area contributed by atoms with Crippen molar-refractivity contribution >= 4 is 75.3 Å². The number of ether oxygens (including phenoxy) is 1. The van der Waals surface area contributed by atoms with E-state index < -0.39 is 63.7 Å². The monoisotopic (exact) mass is 1130 g/mol. The van der Waals surface area contributed by atoms with Crippen LogP contribution in [-0.2, 0) is 48.0 Å². The first-order valence-corrected chi connectivity index (χ1v) is 27.1. The van der Waals surface area contributed by atoms with Crippen molar-refractivity contribution in [2.24, 2.45) is 5.41 Å². The number of halogens is 4. The van der Waals surface area contributed by atoms with E-state index in [0.717, 1.165) is 39.4 Å². The van der Waals surface area contributed by atoms with Gasteiger partial charge >= 0.3 is 6.18 Å². The number of hydrogen-bond donors (Lipinski definition) is 2. The van der Waals surface area contributed by atoms with Crippen LogP contribution in [0.15, 0.2) is 115 Å². The fraction of sp³-hybridized carbons (Fsp3) is 0.339. The summed E-state index contributed by atoms with van der Waals surface area (Å²) in [6, 6.07) is 29.2.